The van der Waals surface area contributed by atoms with Gasteiger partial charge >= 0.3 is 0 Å². The van der Waals surface area contributed by atoms with Crippen molar-refractivity contribution in [3.63, 3.8) is 0 Å². The average Bonchev–Trinajstić information content (AvgIpc) is 2.94. The second-order valence-corrected chi connectivity index (χ2v) is 4.82. The maximum absolute atomic E-state index is 11.2. The van der Waals surface area contributed by atoms with Gasteiger partial charge in [-0.05, 0) is 40.8 Å². The van der Waals surface area contributed by atoms with Gasteiger partial charge in [-0.1, -0.05) is 31.2 Å². The molecule has 0 saturated carbocycles. The largest absolute Gasteiger partial charge is 0.492 e. The predicted octanol–water partition coefficient (Wildman–Crippen LogP) is 3.66. The third-order valence-corrected chi connectivity index (χ3v) is 3.63. The van der Waals surface area contributed by atoms with Crippen molar-refractivity contribution in [3.05, 3.63) is 53.1 Å². The Balaban J connectivity index is 2.07. The molecule has 0 aromatic heterocycles. The van der Waals surface area contributed by atoms with Gasteiger partial charge in [0, 0.05) is 6.42 Å². The monoisotopic (exact) mass is 252 g/mol. The molecule has 0 N–H and O–H groups in total. The minimum absolute atomic E-state index is 0.657. The summed E-state index contributed by atoms with van der Waals surface area (Å²) in [7, 11) is 0. The lowest BCUT2D eigenvalue weighted by Gasteiger charge is -2.08. The molecule has 19 heavy (non-hydrogen) atoms. The van der Waals surface area contributed by atoms with Crippen LogP contribution in [0.5, 0.6) is 5.75 Å². The van der Waals surface area contributed by atoms with Gasteiger partial charge in [-0.3, -0.25) is 4.79 Å². The Morgan fingerprint density at radius 3 is 2.63 bits per heavy atom. The Hall–Kier alpha value is -2.09. The molecule has 2 aromatic rings. The normalized spacial score (nSPS) is 12.9. The van der Waals surface area contributed by atoms with E-state index in [1.54, 1.807) is 0 Å². The van der Waals surface area contributed by atoms with Crippen LogP contribution in [0.2, 0.25) is 0 Å². The van der Waals surface area contributed by atoms with E-state index in [-0.39, 0.29) is 0 Å². The molecule has 0 amide bonds. The van der Waals surface area contributed by atoms with Crippen LogP contribution in [-0.2, 0) is 12.8 Å². The van der Waals surface area contributed by atoms with E-state index in [9.17, 15) is 4.79 Å². The van der Waals surface area contributed by atoms with Crippen molar-refractivity contribution in [1.29, 1.82) is 0 Å². The molecule has 3 rings (SSSR count). The summed E-state index contributed by atoms with van der Waals surface area (Å²) in [4.78, 5) is 11.2. The predicted molar refractivity (Wildman–Crippen MR) is 75.8 cm³/mol. The number of hydrogen-bond acceptors (Lipinski definition) is 2. The van der Waals surface area contributed by atoms with E-state index >= 15 is 0 Å². The Bertz CT molecular complexity index is 612. The van der Waals surface area contributed by atoms with Crippen LogP contribution in [0.15, 0.2) is 36.4 Å². The molecule has 1 aliphatic heterocycles. The van der Waals surface area contributed by atoms with Crippen LogP contribution in [0.4, 0.5) is 0 Å². The number of carbonyl (C=O) groups excluding carboxylic acids is 1. The van der Waals surface area contributed by atoms with Gasteiger partial charge in [0.25, 0.3) is 0 Å². The number of aryl methyl sites for hydroxylation is 1. The van der Waals surface area contributed by atoms with Gasteiger partial charge in [0.1, 0.15) is 5.75 Å². The fourth-order valence-electron chi connectivity index (χ4n) is 2.53. The number of ether oxygens (including phenoxy) is 1. The molecule has 0 atom stereocenters. The van der Waals surface area contributed by atoms with E-state index < -0.39 is 0 Å². The van der Waals surface area contributed by atoms with Gasteiger partial charge in [0.05, 0.1) is 12.2 Å². The van der Waals surface area contributed by atoms with Crippen molar-refractivity contribution in [3.8, 4) is 16.9 Å². The highest BCUT2D eigenvalue weighted by Gasteiger charge is 2.17. The standard InChI is InChI=1S/C17H16O2/c1-2-12-3-5-13(6-4-12)15-9-14-7-8-19-17(14)16(10-15)11-18/h3-6,9-11H,2,7-8H2,1H3. The lowest BCUT2D eigenvalue weighted by molar-refractivity contribution is 0.112. The van der Waals surface area contributed by atoms with Gasteiger partial charge in [-0.15, -0.1) is 0 Å². The second kappa shape index (κ2) is 4.88. The zero-order valence-electron chi connectivity index (χ0n) is 11.0. The van der Waals surface area contributed by atoms with Gasteiger partial charge in [-0.25, -0.2) is 0 Å². The Labute approximate surface area is 113 Å². The highest BCUT2D eigenvalue weighted by atomic mass is 16.5. The van der Waals surface area contributed by atoms with Crippen molar-refractivity contribution in [1.82, 2.24) is 0 Å². The van der Waals surface area contributed by atoms with Crippen molar-refractivity contribution >= 4 is 6.29 Å². The average molecular weight is 252 g/mol. The molecule has 0 radical (unpaired) electrons. The van der Waals surface area contributed by atoms with E-state index in [0.29, 0.717) is 12.2 Å². The van der Waals surface area contributed by atoms with Crippen LogP contribution in [0.25, 0.3) is 11.1 Å². The molecule has 2 nitrogen and oxygen atoms in total. The highest BCUT2D eigenvalue weighted by Crippen LogP contribution is 2.33. The van der Waals surface area contributed by atoms with Crippen molar-refractivity contribution in [2.24, 2.45) is 0 Å². The van der Waals surface area contributed by atoms with E-state index in [2.05, 4.69) is 37.3 Å². The Morgan fingerprint density at radius 2 is 1.95 bits per heavy atom. The lowest BCUT2D eigenvalue weighted by Crippen LogP contribution is -1.91. The van der Waals surface area contributed by atoms with Gasteiger partial charge in [0.15, 0.2) is 6.29 Å². The van der Waals surface area contributed by atoms with E-state index in [1.807, 2.05) is 6.07 Å². The second-order valence-electron chi connectivity index (χ2n) is 4.82. The van der Waals surface area contributed by atoms with Gasteiger partial charge < -0.3 is 4.74 Å². The summed E-state index contributed by atoms with van der Waals surface area (Å²) >= 11 is 0. The van der Waals surface area contributed by atoms with Crippen molar-refractivity contribution in [2.45, 2.75) is 19.8 Å². The first-order valence-electron chi connectivity index (χ1n) is 6.66. The lowest BCUT2D eigenvalue weighted by atomic mass is 9.97. The number of carbonyl (C=O) groups is 1. The summed E-state index contributed by atoms with van der Waals surface area (Å²) in [5.74, 6) is 0.768. The minimum Gasteiger partial charge on any atom is -0.492 e. The third-order valence-electron chi connectivity index (χ3n) is 3.63. The topological polar surface area (TPSA) is 26.3 Å². The zero-order valence-corrected chi connectivity index (χ0v) is 11.0. The Kier molecular flexibility index (Phi) is 3.08. The maximum atomic E-state index is 11.2. The molecule has 0 saturated heterocycles. The smallest absolute Gasteiger partial charge is 0.153 e. The number of fused-ring (bicyclic) bond motifs is 1. The quantitative estimate of drug-likeness (QED) is 0.779. The SMILES string of the molecule is CCc1ccc(-c2cc(C=O)c3c(c2)CCO3)cc1. The summed E-state index contributed by atoms with van der Waals surface area (Å²) in [5.41, 5.74) is 5.36. The van der Waals surface area contributed by atoms with Crippen molar-refractivity contribution in [2.75, 3.05) is 6.61 Å². The first-order chi connectivity index (χ1) is 9.31. The molecule has 2 heteroatoms. The molecule has 1 heterocycles. The molecule has 96 valence electrons. The van der Waals surface area contributed by atoms with Gasteiger partial charge in [-0.2, -0.15) is 0 Å². The molecular formula is C17H16O2. The molecule has 0 bridgehead atoms. The number of rotatable bonds is 3. The number of hydrogen-bond donors (Lipinski definition) is 0. The minimum atomic E-state index is 0.657. The molecule has 0 aliphatic carbocycles. The van der Waals surface area contributed by atoms with Crippen LogP contribution < -0.4 is 4.74 Å². The maximum Gasteiger partial charge on any atom is 0.153 e. The van der Waals surface area contributed by atoms with Crippen molar-refractivity contribution < 1.29 is 9.53 Å². The fourth-order valence-corrected chi connectivity index (χ4v) is 2.53. The van der Waals surface area contributed by atoms with Crippen LogP contribution in [0.3, 0.4) is 0 Å². The fraction of sp³-hybridized carbons (Fsp3) is 0.235. The first-order valence-corrected chi connectivity index (χ1v) is 6.66. The number of aldehydes is 1. The molecule has 0 spiro atoms. The van der Waals surface area contributed by atoms with E-state index in [0.717, 1.165) is 41.6 Å². The summed E-state index contributed by atoms with van der Waals surface area (Å²) < 4.78 is 5.52. The summed E-state index contributed by atoms with van der Waals surface area (Å²) in [6.45, 7) is 2.82. The Morgan fingerprint density at radius 1 is 1.16 bits per heavy atom. The molecule has 0 unspecified atom stereocenters. The molecule has 0 fully saturated rings. The van der Waals surface area contributed by atoms with E-state index in [1.165, 1.54) is 5.56 Å². The third kappa shape index (κ3) is 2.14. The van der Waals surface area contributed by atoms with E-state index in [4.69, 9.17) is 4.74 Å². The van der Waals surface area contributed by atoms with Crippen LogP contribution in [-0.4, -0.2) is 12.9 Å². The summed E-state index contributed by atoms with van der Waals surface area (Å²) in [6, 6.07) is 12.6. The summed E-state index contributed by atoms with van der Waals surface area (Å²) in [6.07, 6.45) is 2.81. The molecular weight excluding hydrogens is 236 g/mol. The zero-order chi connectivity index (χ0) is 13.2. The van der Waals surface area contributed by atoms with Crippen LogP contribution >= 0.6 is 0 Å². The first kappa shape index (κ1) is 12.0. The van der Waals surface area contributed by atoms with Crippen LogP contribution in [0.1, 0.15) is 28.4 Å². The number of benzene rings is 2. The highest BCUT2D eigenvalue weighted by molar-refractivity contribution is 5.84. The molecule has 2 aromatic carbocycles. The van der Waals surface area contributed by atoms with Gasteiger partial charge in [0.2, 0.25) is 0 Å². The summed E-state index contributed by atoms with van der Waals surface area (Å²) in [5, 5.41) is 0. The molecule has 1 aliphatic rings. The van der Waals surface area contributed by atoms with Crippen LogP contribution in [0, 0.1) is 0 Å².